The summed E-state index contributed by atoms with van der Waals surface area (Å²) in [7, 11) is 0. The molecule has 0 saturated carbocycles. The molecule has 122 valence electrons. The minimum atomic E-state index is -0.620. The smallest absolute Gasteiger partial charge is 0.338 e. The Morgan fingerprint density at radius 2 is 1.96 bits per heavy atom. The van der Waals surface area contributed by atoms with Gasteiger partial charge in [0.05, 0.1) is 17.0 Å². The molecule has 6 nitrogen and oxygen atoms in total. The van der Waals surface area contributed by atoms with Crippen molar-refractivity contribution >= 4 is 40.9 Å². The summed E-state index contributed by atoms with van der Waals surface area (Å²) >= 11 is 1.41. The van der Waals surface area contributed by atoms with Gasteiger partial charge in [-0.2, -0.15) is 0 Å². The van der Waals surface area contributed by atoms with Crippen LogP contribution in [0.25, 0.3) is 0 Å². The Balaban J connectivity index is 1.58. The highest BCUT2D eigenvalue weighted by atomic mass is 32.2. The number of anilines is 2. The number of benzene rings is 2. The van der Waals surface area contributed by atoms with Gasteiger partial charge in [0.2, 0.25) is 5.91 Å². The Bertz CT molecular complexity index is 792. The zero-order valence-corrected chi connectivity index (χ0v) is 13.4. The van der Waals surface area contributed by atoms with E-state index in [4.69, 9.17) is 4.74 Å². The predicted molar refractivity (Wildman–Crippen MR) is 91.1 cm³/mol. The van der Waals surface area contributed by atoms with Gasteiger partial charge in [0.1, 0.15) is 0 Å². The zero-order valence-electron chi connectivity index (χ0n) is 12.6. The lowest BCUT2D eigenvalue weighted by atomic mass is 10.2. The van der Waals surface area contributed by atoms with E-state index in [1.54, 1.807) is 42.5 Å². The summed E-state index contributed by atoms with van der Waals surface area (Å²) in [6.45, 7) is -0.383. The molecule has 0 radical (unpaired) electrons. The molecule has 0 bridgehead atoms. The fourth-order valence-electron chi connectivity index (χ4n) is 2.14. The van der Waals surface area contributed by atoms with E-state index >= 15 is 0 Å². The molecule has 0 fully saturated rings. The Morgan fingerprint density at radius 3 is 2.75 bits per heavy atom. The molecule has 2 aromatic carbocycles. The molecule has 1 aliphatic heterocycles. The van der Waals surface area contributed by atoms with Crippen LogP contribution in [0.2, 0.25) is 0 Å². The van der Waals surface area contributed by atoms with Crippen molar-refractivity contribution in [1.82, 2.24) is 0 Å². The maximum Gasteiger partial charge on any atom is 0.338 e. The lowest BCUT2D eigenvalue weighted by molar-refractivity contribution is -0.119. The number of para-hydroxylation sites is 1. The Kier molecular flexibility index (Phi) is 4.81. The van der Waals surface area contributed by atoms with Gasteiger partial charge in [-0.15, -0.1) is 11.8 Å². The van der Waals surface area contributed by atoms with E-state index in [-0.39, 0.29) is 18.1 Å². The first-order valence-corrected chi connectivity index (χ1v) is 8.19. The summed E-state index contributed by atoms with van der Waals surface area (Å²) in [4.78, 5) is 36.1. The number of esters is 1. The lowest BCUT2D eigenvalue weighted by Crippen LogP contribution is -2.21. The highest BCUT2D eigenvalue weighted by Gasteiger charge is 2.18. The van der Waals surface area contributed by atoms with E-state index in [1.165, 1.54) is 11.8 Å². The molecule has 1 aliphatic rings. The first kappa shape index (κ1) is 16.1. The SMILES string of the molecule is O=C(COC(=O)c1ccc2c(c1)NC(=O)CS2)Nc1ccccc1. The quantitative estimate of drug-likeness (QED) is 0.834. The minimum absolute atomic E-state index is 0.111. The number of rotatable bonds is 4. The molecule has 3 rings (SSSR count). The average Bonchev–Trinajstić information content (AvgIpc) is 2.60. The third-order valence-corrected chi connectivity index (χ3v) is 4.31. The van der Waals surface area contributed by atoms with Gasteiger partial charge in [0.25, 0.3) is 5.91 Å². The van der Waals surface area contributed by atoms with Crippen LogP contribution in [0.5, 0.6) is 0 Å². The number of hydrogen-bond donors (Lipinski definition) is 2. The fourth-order valence-corrected chi connectivity index (χ4v) is 2.93. The molecule has 0 spiro atoms. The number of nitrogens with one attached hydrogen (secondary N) is 2. The molecule has 0 unspecified atom stereocenters. The van der Waals surface area contributed by atoms with Crippen molar-refractivity contribution < 1.29 is 19.1 Å². The molecule has 2 aromatic rings. The maximum absolute atomic E-state index is 12.0. The summed E-state index contributed by atoms with van der Waals surface area (Å²) in [5.41, 5.74) is 1.50. The molecular formula is C17H14N2O4S. The van der Waals surface area contributed by atoms with Crippen molar-refractivity contribution in [2.45, 2.75) is 4.90 Å². The van der Waals surface area contributed by atoms with Gasteiger partial charge in [-0.1, -0.05) is 18.2 Å². The normalized spacial score (nSPS) is 12.8. The monoisotopic (exact) mass is 342 g/mol. The van der Waals surface area contributed by atoms with Gasteiger partial charge in [-0.25, -0.2) is 4.79 Å². The lowest BCUT2D eigenvalue weighted by Gasteiger charge is -2.16. The first-order chi connectivity index (χ1) is 11.6. The van der Waals surface area contributed by atoms with Crippen LogP contribution in [-0.4, -0.2) is 30.1 Å². The zero-order chi connectivity index (χ0) is 16.9. The molecule has 0 aromatic heterocycles. The number of ether oxygens (including phenoxy) is 1. The second kappa shape index (κ2) is 7.18. The van der Waals surface area contributed by atoms with Gasteiger partial charge in [0, 0.05) is 10.6 Å². The average molecular weight is 342 g/mol. The van der Waals surface area contributed by atoms with Gasteiger partial charge in [0.15, 0.2) is 6.61 Å². The fraction of sp³-hybridized carbons (Fsp3) is 0.118. The van der Waals surface area contributed by atoms with E-state index in [2.05, 4.69) is 10.6 Å². The standard InChI is InChI=1S/C17H14N2O4S/c20-15(18-12-4-2-1-3-5-12)9-23-17(22)11-6-7-14-13(8-11)19-16(21)10-24-14/h1-8H,9-10H2,(H,18,20)(H,19,21). The van der Waals surface area contributed by atoms with Crippen molar-refractivity contribution in [3.05, 3.63) is 54.1 Å². The molecule has 24 heavy (non-hydrogen) atoms. The van der Waals surface area contributed by atoms with Gasteiger partial charge in [-0.05, 0) is 30.3 Å². The van der Waals surface area contributed by atoms with Crippen molar-refractivity contribution in [3.8, 4) is 0 Å². The Hall–Kier alpha value is -2.80. The molecule has 1 heterocycles. The van der Waals surface area contributed by atoms with Gasteiger partial charge in [-0.3, -0.25) is 9.59 Å². The molecule has 0 aliphatic carbocycles. The van der Waals surface area contributed by atoms with E-state index in [9.17, 15) is 14.4 Å². The van der Waals surface area contributed by atoms with E-state index in [1.807, 2.05) is 6.07 Å². The van der Waals surface area contributed by atoms with Crippen LogP contribution >= 0.6 is 11.8 Å². The minimum Gasteiger partial charge on any atom is -0.452 e. The van der Waals surface area contributed by atoms with Crippen LogP contribution in [-0.2, 0) is 14.3 Å². The molecule has 2 amide bonds. The highest BCUT2D eigenvalue weighted by Crippen LogP contribution is 2.32. The van der Waals surface area contributed by atoms with Crippen LogP contribution in [0.15, 0.2) is 53.4 Å². The molecule has 2 N–H and O–H groups in total. The van der Waals surface area contributed by atoms with Crippen LogP contribution < -0.4 is 10.6 Å². The van der Waals surface area contributed by atoms with E-state index in [0.717, 1.165) is 4.90 Å². The summed E-state index contributed by atoms with van der Waals surface area (Å²) in [6.07, 6.45) is 0. The number of carbonyl (C=O) groups is 3. The van der Waals surface area contributed by atoms with E-state index < -0.39 is 11.9 Å². The second-order valence-electron chi connectivity index (χ2n) is 5.04. The Labute approximate surface area is 142 Å². The number of thioether (sulfide) groups is 1. The third-order valence-electron chi connectivity index (χ3n) is 3.24. The largest absolute Gasteiger partial charge is 0.452 e. The Morgan fingerprint density at radius 1 is 1.17 bits per heavy atom. The number of fused-ring (bicyclic) bond motifs is 1. The van der Waals surface area contributed by atoms with Crippen LogP contribution in [0, 0.1) is 0 Å². The van der Waals surface area contributed by atoms with Gasteiger partial charge < -0.3 is 15.4 Å². The van der Waals surface area contributed by atoms with Crippen LogP contribution in [0.1, 0.15) is 10.4 Å². The molecule has 7 heteroatoms. The molecular weight excluding hydrogens is 328 g/mol. The number of amides is 2. The van der Waals surface area contributed by atoms with Crippen molar-refractivity contribution in [1.29, 1.82) is 0 Å². The van der Waals surface area contributed by atoms with Crippen molar-refractivity contribution in [2.75, 3.05) is 23.0 Å². The number of hydrogen-bond acceptors (Lipinski definition) is 5. The number of carbonyl (C=O) groups excluding carboxylic acids is 3. The molecule has 0 atom stereocenters. The molecule has 0 saturated heterocycles. The summed E-state index contributed by atoms with van der Waals surface area (Å²) in [5, 5.41) is 5.33. The van der Waals surface area contributed by atoms with E-state index in [0.29, 0.717) is 17.1 Å². The maximum atomic E-state index is 12.0. The summed E-state index contributed by atoms with van der Waals surface area (Å²) < 4.78 is 5.01. The van der Waals surface area contributed by atoms with Gasteiger partial charge >= 0.3 is 5.97 Å². The first-order valence-electron chi connectivity index (χ1n) is 7.20. The van der Waals surface area contributed by atoms with Crippen LogP contribution in [0.4, 0.5) is 11.4 Å². The topological polar surface area (TPSA) is 84.5 Å². The third kappa shape index (κ3) is 3.94. The van der Waals surface area contributed by atoms with Crippen LogP contribution in [0.3, 0.4) is 0 Å². The second-order valence-corrected chi connectivity index (χ2v) is 6.06. The summed E-state index contributed by atoms with van der Waals surface area (Å²) in [5.74, 6) is -0.793. The predicted octanol–water partition coefficient (Wildman–Crippen LogP) is 2.53. The highest BCUT2D eigenvalue weighted by molar-refractivity contribution is 8.00. The van der Waals surface area contributed by atoms with Crippen molar-refractivity contribution in [2.24, 2.45) is 0 Å². The van der Waals surface area contributed by atoms with Crippen molar-refractivity contribution in [3.63, 3.8) is 0 Å². The summed E-state index contributed by atoms with van der Waals surface area (Å²) in [6, 6.07) is 13.8.